The third-order valence-corrected chi connectivity index (χ3v) is 6.11. The summed E-state index contributed by atoms with van der Waals surface area (Å²) in [6, 6.07) is 12.0. The van der Waals surface area contributed by atoms with Crippen LogP contribution in [0.5, 0.6) is 5.75 Å². The summed E-state index contributed by atoms with van der Waals surface area (Å²) in [5.41, 5.74) is -0.642. The highest BCUT2D eigenvalue weighted by Crippen LogP contribution is 2.30. The van der Waals surface area contributed by atoms with Crippen molar-refractivity contribution in [3.05, 3.63) is 71.8 Å². The van der Waals surface area contributed by atoms with Gasteiger partial charge in [-0.1, -0.05) is 30.4 Å². The molecule has 0 radical (unpaired) electrons. The molecule has 0 aromatic heterocycles. The first-order valence-corrected chi connectivity index (χ1v) is 11.7. The molecule has 0 aliphatic carbocycles. The Labute approximate surface area is 207 Å². The molecule has 0 bridgehead atoms. The van der Waals surface area contributed by atoms with Crippen LogP contribution in [0, 0.1) is 0 Å². The maximum Gasteiger partial charge on any atom is 0.416 e. The molecule has 1 fully saturated rings. The van der Waals surface area contributed by atoms with Crippen LogP contribution in [0.1, 0.15) is 17.5 Å². The minimum Gasteiger partial charge on any atom is -0.491 e. The monoisotopic (exact) mass is 503 g/mol. The van der Waals surface area contributed by atoms with E-state index in [1.54, 1.807) is 0 Å². The largest absolute Gasteiger partial charge is 0.491 e. The van der Waals surface area contributed by atoms with Crippen molar-refractivity contribution in [2.75, 3.05) is 44.7 Å². The van der Waals surface area contributed by atoms with E-state index in [1.165, 1.54) is 12.1 Å². The van der Waals surface area contributed by atoms with E-state index in [2.05, 4.69) is 10.6 Å². The molecular formula is C26H28F3N3O4. The summed E-state index contributed by atoms with van der Waals surface area (Å²) < 4.78 is 50.1. The summed E-state index contributed by atoms with van der Waals surface area (Å²) >= 11 is 0. The minimum absolute atomic E-state index is 0.0282. The number of anilines is 1. The van der Waals surface area contributed by atoms with E-state index in [1.807, 2.05) is 41.3 Å². The molecule has 1 atom stereocenters. The zero-order chi connectivity index (χ0) is 25.6. The van der Waals surface area contributed by atoms with Crippen molar-refractivity contribution in [3.8, 4) is 5.75 Å². The molecule has 2 aliphatic heterocycles. The molecule has 36 heavy (non-hydrogen) atoms. The van der Waals surface area contributed by atoms with Gasteiger partial charge in [0.25, 0.3) is 5.91 Å². The Morgan fingerprint density at radius 2 is 1.86 bits per heavy atom. The smallest absolute Gasteiger partial charge is 0.416 e. The number of allylic oxidation sites excluding steroid dienone is 1. The second-order valence-electron chi connectivity index (χ2n) is 8.77. The molecular weight excluding hydrogens is 475 g/mol. The number of carbonyl (C=O) groups is 2. The Hall–Kier alpha value is -3.37. The van der Waals surface area contributed by atoms with Crippen molar-refractivity contribution in [2.24, 2.45) is 0 Å². The van der Waals surface area contributed by atoms with Gasteiger partial charge in [0.05, 0.1) is 25.3 Å². The molecule has 1 saturated heterocycles. The van der Waals surface area contributed by atoms with Gasteiger partial charge in [-0.05, 0) is 42.3 Å². The fourth-order valence-electron chi connectivity index (χ4n) is 4.27. The summed E-state index contributed by atoms with van der Waals surface area (Å²) in [7, 11) is 0. The molecule has 2 aromatic carbocycles. The molecule has 2 heterocycles. The summed E-state index contributed by atoms with van der Waals surface area (Å²) in [6.45, 7) is 1.47. The number of para-hydroxylation sites is 1. The van der Waals surface area contributed by atoms with Gasteiger partial charge in [0.15, 0.2) is 5.60 Å². The Morgan fingerprint density at radius 3 is 2.64 bits per heavy atom. The number of alkyl halides is 3. The Kier molecular flexibility index (Phi) is 7.95. The second kappa shape index (κ2) is 11.1. The first kappa shape index (κ1) is 25.7. The van der Waals surface area contributed by atoms with Crippen LogP contribution >= 0.6 is 0 Å². The third kappa shape index (κ3) is 6.44. The molecule has 1 unspecified atom stereocenters. The average Bonchev–Trinajstić information content (AvgIpc) is 2.84. The zero-order valence-electron chi connectivity index (χ0n) is 19.6. The first-order valence-electron chi connectivity index (χ1n) is 11.7. The zero-order valence-corrected chi connectivity index (χ0v) is 19.6. The molecule has 10 heteroatoms. The van der Waals surface area contributed by atoms with E-state index in [0.717, 1.165) is 23.4 Å². The Balaban J connectivity index is 1.40. The lowest BCUT2D eigenvalue weighted by Gasteiger charge is -2.41. The van der Waals surface area contributed by atoms with Crippen LogP contribution in [0.3, 0.4) is 0 Å². The number of morpholine rings is 1. The number of hydrogen-bond acceptors (Lipinski definition) is 5. The number of carbonyl (C=O) groups excluding carboxylic acids is 2. The highest BCUT2D eigenvalue weighted by Gasteiger charge is 2.43. The third-order valence-electron chi connectivity index (χ3n) is 6.11. The summed E-state index contributed by atoms with van der Waals surface area (Å²) in [6.07, 6.45) is 0.414. The van der Waals surface area contributed by atoms with Crippen LogP contribution in [0.15, 0.2) is 60.7 Å². The van der Waals surface area contributed by atoms with Gasteiger partial charge in [0.2, 0.25) is 5.91 Å². The van der Waals surface area contributed by atoms with E-state index in [-0.39, 0.29) is 37.2 Å². The molecule has 4 rings (SSSR count). The fourth-order valence-corrected chi connectivity index (χ4v) is 4.27. The SMILES string of the molecule is O=C(CN1CCOC2(C/C=C/Cc3ccccc3OCCNC2=O)C1)Nc1ccc(C(F)(F)F)cc1. The number of ether oxygens (including phenoxy) is 2. The Morgan fingerprint density at radius 1 is 1.08 bits per heavy atom. The van der Waals surface area contributed by atoms with Gasteiger partial charge in [0, 0.05) is 25.2 Å². The van der Waals surface area contributed by atoms with Crippen LogP contribution in [0.4, 0.5) is 18.9 Å². The number of rotatable bonds is 3. The highest BCUT2D eigenvalue weighted by atomic mass is 19.4. The van der Waals surface area contributed by atoms with E-state index in [9.17, 15) is 22.8 Å². The van der Waals surface area contributed by atoms with Crippen LogP contribution in [0.2, 0.25) is 0 Å². The lowest BCUT2D eigenvalue weighted by Crippen LogP contribution is -2.60. The van der Waals surface area contributed by atoms with Crippen molar-refractivity contribution in [1.82, 2.24) is 10.2 Å². The lowest BCUT2D eigenvalue weighted by molar-refractivity contribution is -0.160. The summed E-state index contributed by atoms with van der Waals surface area (Å²) in [5, 5.41) is 5.50. The molecule has 2 N–H and O–H groups in total. The highest BCUT2D eigenvalue weighted by molar-refractivity contribution is 5.92. The number of nitrogens with one attached hydrogen (secondary N) is 2. The van der Waals surface area contributed by atoms with Crippen molar-refractivity contribution < 1.29 is 32.2 Å². The van der Waals surface area contributed by atoms with E-state index < -0.39 is 17.3 Å². The predicted octanol–water partition coefficient (Wildman–Crippen LogP) is 3.41. The molecule has 7 nitrogen and oxygen atoms in total. The van der Waals surface area contributed by atoms with E-state index in [0.29, 0.717) is 32.5 Å². The van der Waals surface area contributed by atoms with Gasteiger partial charge in [-0.3, -0.25) is 14.5 Å². The molecule has 192 valence electrons. The summed E-state index contributed by atoms with van der Waals surface area (Å²) in [4.78, 5) is 27.5. The second-order valence-corrected chi connectivity index (χ2v) is 8.77. The van der Waals surface area contributed by atoms with Crippen molar-refractivity contribution in [1.29, 1.82) is 0 Å². The minimum atomic E-state index is -4.44. The molecule has 1 spiro atoms. The van der Waals surface area contributed by atoms with Crippen LogP contribution in [-0.4, -0.2) is 61.7 Å². The van der Waals surface area contributed by atoms with Gasteiger partial charge in [-0.25, -0.2) is 0 Å². The Bertz CT molecular complexity index is 1100. The number of fused-ring (bicyclic) bond motifs is 1. The van der Waals surface area contributed by atoms with Crippen LogP contribution in [-0.2, 0) is 26.9 Å². The normalized spacial score (nSPS) is 22.4. The van der Waals surface area contributed by atoms with E-state index in [4.69, 9.17) is 9.47 Å². The first-order chi connectivity index (χ1) is 17.2. The van der Waals surface area contributed by atoms with Gasteiger partial charge >= 0.3 is 6.18 Å². The molecule has 2 amide bonds. The maximum absolute atomic E-state index is 13.1. The average molecular weight is 504 g/mol. The standard InChI is InChI=1S/C26H28F3N3O4/c27-26(28,29)20-8-10-21(11-9-20)31-23(33)17-32-14-16-36-25(18-32)12-4-3-6-19-5-1-2-7-22(19)35-15-13-30-24(25)34/h1-5,7-11H,6,12-18H2,(H,30,34)(H,31,33)/b4-3+. The number of benzene rings is 2. The van der Waals surface area contributed by atoms with Crippen molar-refractivity contribution in [2.45, 2.75) is 24.6 Å². The van der Waals surface area contributed by atoms with E-state index >= 15 is 0 Å². The lowest BCUT2D eigenvalue weighted by atomic mass is 9.94. The number of hydrogen-bond donors (Lipinski definition) is 2. The van der Waals surface area contributed by atoms with Gasteiger partial charge < -0.3 is 20.1 Å². The van der Waals surface area contributed by atoms with Gasteiger partial charge in [0.1, 0.15) is 12.4 Å². The van der Waals surface area contributed by atoms with Crippen molar-refractivity contribution in [3.63, 3.8) is 0 Å². The molecule has 0 saturated carbocycles. The van der Waals surface area contributed by atoms with Crippen molar-refractivity contribution >= 4 is 17.5 Å². The number of halogens is 3. The van der Waals surface area contributed by atoms with Gasteiger partial charge in [-0.15, -0.1) is 0 Å². The topological polar surface area (TPSA) is 79.9 Å². The van der Waals surface area contributed by atoms with Crippen LogP contribution in [0.25, 0.3) is 0 Å². The maximum atomic E-state index is 13.1. The summed E-state index contributed by atoms with van der Waals surface area (Å²) in [5.74, 6) is 0.115. The predicted molar refractivity (Wildman–Crippen MR) is 128 cm³/mol. The number of amides is 2. The fraction of sp³-hybridized carbons (Fsp3) is 0.385. The quantitative estimate of drug-likeness (QED) is 0.628. The van der Waals surface area contributed by atoms with Gasteiger partial charge in [-0.2, -0.15) is 13.2 Å². The molecule has 2 aromatic rings. The molecule has 2 aliphatic rings. The number of nitrogens with zero attached hydrogens (tertiary/aromatic N) is 1. The van der Waals surface area contributed by atoms with Crippen LogP contribution < -0.4 is 15.4 Å².